The van der Waals surface area contributed by atoms with E-state index in [1.54, 1.807) is 30.3 Å². The molecule has 23 heavy (non-hydrogen) atoms. The maximum atomic E-state index is 13.4. The predicted molar refractivity (Wildman–Crippen MR) is 85.0 cm³/mol. The van der Waals surface area contributed by atoms with Crippen molar-refractivity contribution in [2.45, 2.75) is 0 Å². The Kier molecular flexibility index (Phi) is 5.51. The van der Waals surface area contributed by atoms with Crippen LogP contribution in [0.2, 0.25) is 0 Å². The molecule has 0 aliphatic carbocycles. The molecule has 0 aliphatic heterocycles. The second kappa shape index (κ2) is 7.79. The highest BCUT2D eigenvalue weighted by Crippen LogP contribution is 2.17. The SMILES string of the molecule is CNC(=O)Nc1cccc(NC(=O)COc2ccccc2F)c1. The molecule has 6 nitrogen and oxygen atoms in total. The molecule has 3 N–H and O–H groups in total. The van der Waals surface area contributed by atoms with Gasteiger partial charge in [-0.1, -0.05) is 18.2 Å². The van der Waals surface area contributed by atoms with Gasteiger partial charge in [0, 0.05) is 18.4 Å². The van der Waals surface area contributed by atoms with Crippen molar-refractivity contribution in [3.63, 3.8) is 0 Å². The van der Waals surface area contributed by atoms with Gasteiger partial charge in [-0.25, -0.2) is 9.18 Å². The first-order valence-corrected chi connectivity index (χ1v) is 6.84. The molecule has 0 saturated heterocycles. The van der Waals surface area contributed by atoms with Gasteiger partial charge in [-0.3, -0.25) is 4.79 Å². The minimum absolute atomic E-state index is 0.0117. The van der Waals surface area contributed by atoms with Crippen molar-refractivity contribution in [3.05, 3.63) is 54.3 Å². The van der Waals surface area contributed by atoms with Gasteiger partial charge in [0.25, 0.3) is 5.91 Å². The zero-order valence-corrected chi connectivity index (χ0v) is 12.4. The number of carbonyl (C=O) groups is 2. The molecule has 0 aromatic heterocycles. The van der Waals surface area contributed by atoms with Crippen LogP contribution in [-0.2, 0) is 4.79 Å². The monoisotopic (exact) mass is 317 g/mol. The van der Waals surface area contributed by atoms with Crippen molar-refractivity contribution in [1.29, 1.82) is 0 Å². The first kappa shape index (κ1) is 16.3. The van der Waals surface area contributed by atoms with Gasteiger partial charge in [-0.15, -0.1) is 0 Å². The number of ether oxygens (including phenoxy) is 1. The number of rotatable bonds is 5. The van der Waals surface area contributed by atoms with Gasteiger partial charge in [0.1, 0.15) is 0 Å². The van der Waals surface area contributed by atoms with Crippen LogP contribution in [0.5, 0.6) is 5.75 Å². The van der Waals surface area contributed by atoms with Crippen LogP contribution in [0.4, 0.5) is 20.6 Å². The van der Waals surface area contributed by atoms with E-state index in [1.807, 2.05) is 0 Å². The largest absolute Gasteiger partial charge is 0.481 e. The fourth-order valence-electron chi connectivity index (χ4n) is 1.77. The maximum absolute atomic E-state index is 13.4. The van der Waals surface area contributed by atoms with Gasteiger partial charge in [0.15, 0.2) is 18.2 Å². The van der Waals surface area contributed by atoms with E-state index in [9.17, 15) is 14.0 Å². The number of anilines is 2. The van der Waals surface area contributed by atoms with Crippen LogP contribution in [0.25, 0.3) is 0 Å². The summed E-state index contributed by atoms with van der Waals surface area (Å²) in [6.45, 7) is -0.325. The summed E-state index contributed by atoms with van der Waals surface area (Å²) in [5, 5.41) is 7.62. The number of nitrogens with one attached hydrogen (secondary N) is 3. The molecule has 0 heterocycles. The van der Waals surface area contributed by atoms with E-state index in [0.717, 1.165) is 0 Å². The molecule has 0 saturated carbocycles. The lowest BCUT2D eigenvalue weighted by molar-refractivity contribution is -0.118. The molecule has 0 spiro atoms. The number of carbonyl (C=O) groups excluding carboxylic acids is 2. The number of benzene rings is 2. The van der Waals surface area contributed by atoms with Gasteiger partial charge in [0.2, 0.25) is 0 Å². The highest BCUT2D eigenvalue weighted by molar-refractivity contribution is 5.94. The molecular formula is C16H16FN3O3. The van der Waals surface area contributed by atoms with E-state index in [-0.39, 0.29) is 18.4 Å². The molecule has 3 amide bonds. The lowest BCUT2D eigenvalue weighted by Gasteiger charge is -2.10. The molecule has 120 valence electrons. The van der Waals surface area contributed by atoms with Gasteiger partial charge in [-0.05, 0) is 30.3 Å². The van der Waals surface area contributed by atoms with E-state index in [2.05, 4.69) is 16.0 Å². The minimum atomic E-state index is -0.530. The Morgan fingerprint density at radius 2 is 1.74 bits per heavy atom. The third kappa shape index (κ3) is 4.99. The van der Waals surface area contributed by atoms with E-state index >= 15 is 0 Å². The summed E-state index contributed by atoms with van der Waals surface area (Å²) in [4.78, 5) is 23.1. The molecule has 0 atom stereocenters. The van der Waals surface area contributed by atoms with Crippen molar-refractivity contribution < 1.29 is 18.7 Å². The molecule has 2 rings (SSSR count). The first-order valence-electron chi connectivity index (χ1n) is 6.84. The molecule has 0 radical (unpaired) electrons. The van der Waals surface area contributed by atoms with E-state index in [0.29, 0.717) is 11.4 Å². The third-order valence-electron chi connectivity index (χ3n) is 2.83. The smallest absolute Gasteiger partial charge is 0.318 e. The third-order valence-corrected chi connectivity index (χ3v) is 2.83. The first-order chi connectivity index (χ1) is 11.1. The van der Waals surface area contributed by atoms with Crippen molar-refractivity contribution >= 4 is 23.3 Å². The van der Waals surface area contributed by atoms with Crippen LogP contribution in [0.1, 0.15) is 0 Å². The summed E-state index contributed by atoms with van der Waals surface area (Å²) < 4.78 is 18.5. The zero-order chi connectivity index (χ0) is 16.7. The Labute approximate surface area is 132 Å². The van der Waals surface area contributed by atoms with E-state index in [1.165, 1.54) is 25.2 Å². The Morgan fingerprint density at radius 1 is 1.04 bits per heavy atom. The van der Waals surface area contributed by atoms with Crippen molar-refractivity contribution in [2.24, 2.45) is 0 Å². The highest BCUT2D eigenvalue weighted by Gasteiger charge is 2.07. The summed E-state index contributed by atoms with van der Waals surface area (Å²) >= 11 is 0. The molecular weight excluding hydrogens is 301 g/mol. The van der Waals surface area contributed by atoms with Crippen molar-refractivity contribution in [1.82, 2.24) is 5.32 Å². The summed E-state index contributed by atoms with van der Waals surface area (Å²) in [6.07, 6.45) is 0. The van der Waals surface area contributed by atoms with E-state index in [4.69, 9.17) is 4.74 Å². The van der Waals surface area contributed by atoms with E-state index < -0.39 is 11.7 Å². The molecule has 0 unspecified atom stereocenters. The maximum Gasteiger partial charge on any atom is 0.318 e. The van der Waals surface area contributed by atoms with Crippen LogP contribution in [0, 0.1) is 5.82 Å². The van der Waals surface area contributed by atoms with Gasteiger partial charge in [0.05, 0.1) is 0 Å². The zero-order valence-electron chi connectivity index (χ0n) is 12.4. The standard InChI is InChI=1S/C16H16FN3O3/c1-18-16(22)20-12-6-4-5-11(9-12)19-15(21)10-23-14-8-3-2-7-13(14)17/h2-9H,10H2,1H3,(H,19,21)(H2,18,20,22). The molecule has 0 fully saturated rings. The number of urea groups is 1. The Hall–Kier alpha value is -3.09. The number of hydrogen-bond donors (Lipinski definition) is 3. The summed E-state index contributed by atoms with van der Waals surface area (Å²) in [6, 6.07) is 12.1. The average Bonchev–Trinajstić information content (AvgIpc) is 2.54. The summed E-state index contributed by atoms with van der Waals surface area (Å²) in [5.74, 6) is -0.958. The highest BCUT2D eigenvalue weighted by atomic mass is 19.1. The molecule has 7 heteroatoms. The van der Waals surface area contributed by atoms with Gasteiger partial charge in [-0.2, -0.15) is 0 Å². The topological polar surface area (TPSA) is 79.5 Å². The van der Waals surface area contributed by atoms with Gasteiger partial charge >= 0.3 is 6.03 Å². The second-order valence-electron chi connectivity index (χ2n) is 4.55. The number of amides is 3. The molecule has 2 aromatic rings. The quantitative estimate of drug-likeness (QED) is 0.793. The lowest BCUT2D eigenvalue weighted by Crippen LogP contribution is -2.24. The number of hydrogen-bond acceptors (Lipinski definition) is 3. The Balaban J connectivity index is 1.91. The van der Waals surface area contributed by atoms with Gasteiger partial charge < -0.3 is 20.7 Å². The lowest BCUT2D eigenvalue weighted by atomic mass is 10.2. The average molecular weight is 317 g/mol. The molecule has 0 bridgehead atoms. The molecule has 2 aromatic carbocycles. The predicted octanol–water partition coefficient (Wildman–Crippen LogP) is 2.59. The van der Waals surface area contributed by atoms with Crippen LogP contribution < -0.4 is 20.7 Å². The van der Waals surface area contributed by atoms with Crippen LogP contribution >= 0.6 is 0 Å². The summed E-state index contributed by atoms with van der Waals surface area (Å²) in [5.41, 5.74) is 1.01. The number of para-hydroxylation sites is 1. The second-order valence-corrected chi connectivity index (χ2v) is 4.55. The fourth-order valence-corrected chi connectivity index (χ4v) is 1.77. The Morgan fingerprint density at radius 3 is 2.43 bits per heavy atom. The molecule has 0 aliphatic rings. The van der Waals surface area contributed by atoms with Crippen LogP contribution in [-0.4, -0.2) is 25.6 Å². The Bertz CT molecular complexity index is 706. The minimum Gasteiger partial charge on any atom is -0.481 e. The van der Waals surface area contributed by atoms with Crippen LogP contribution in [0.15, 0.2) is 48.5 Å². The van der Waals surface area contributed by atoms with Crippen LogP contribution in [0.3, 0.4) is 0 Å². The fraction of sp³-hybridized carbons (Fsp3) is 0.125. The van der Waals surface area contributed by atoms with Crippen molar-refractivity contribution in [3.8, 4) is 5.75 Å². The van der Waals surface area contributed by atoms with Crippen molar-refractivity contribution in [2.75, 3.05) is 24.3 Å². The summed E-state index contributed by atoms with van der Waals surface area (Å²) in [7, 11) is 1.50. The number of halogens is 1. The normalized spacial score (nSPS) is 9.83.